The van der Waals surface area contributed by atoms with Crippen LogP contribution in [-0.2, 0) is 0 Å². The number of nitrogens with zero attached hydrogens (tertiary/aromatic N) is 2. The standard InChI is InChI=1S/C51H45BN2O/c1-31(2)34-14-21-39(22-15-34)53-45-26-19-36(32(3)4)28-43(45)52-44-29-37(33(5)6)20-27-46(44)54(48-12-9-11-47(53)51(48)52)40-23-16-35(17-24-40)38-18-25-42-41-10-7-8-13-49(41)55-50(42)30-38/h7-33H,1-6H3. The molecule has 0 radical (unpaired) electrons. The fourth-order valence-corrected chi connectivity index (χ4v) is 8.97. The van der Waals surface area contributed by atoms with Crippen LogP contribution in [0.3, 0.4) is 0 Å². The van der Waals surface area contributed by atoms with Gasteiger partial charge in [-0.3, -0.25) is 0 Å². The molecule has 0 saturated carbocycles. The highest BCUT2D eigenvalue weighted by molar-refractivity contribution is 7.00. The molecule has 0 atom stereocenters. The molecule has 8 aromatic rings. The fourth-order valence-electron chi connectivity index (χ4n) is 8.97. The molecule has 0 aliphatic carbocycles. The van der Waals surface area contributed by atoms with Gasteiger partial charge in [-0.05, 0) is 129 Å². The fraction of sp³-hybridized carbons (Fsp3) is 0.176. The predicted octanol–water partition coefficient (Wildman–Crippen LogP) is 12.7. The van der Waals surface area contributed by atoms with E-state index in [4.69, 9.17) is 4.42 Å². The van der Waals surface area contributed by atoms with Crippen LogP contribution < -0.4 is 26.2 Å². The molecule has 55 heavy (non-hydrogen) atoms. The molecule has 268 valence electrons. The van der Waals surface area contributed by atoms with Crippen LogP contribution in [0.2, 0.25) is 0 Å². The van der Waals surface area contributed by atoms with E-state index in [2.05, 4.69) is 185 Å². The van der Waals surface area contributed by atoms with Crippen molar-refractivity contribution in [2.45, 2.75) is 59.3 Å². The second-order valence-corrected chi connectivity index (χ2v) is 16.4. The molecule has 0 fully saturated rings. The number of para-hydroxylation sites is 1. The van der Waals surface area contributed by atoms with Gasteiger partial charge in [0.1, 0.15) is 11.2 Å². The second-order valence-electron chi connectivity index (χ2n) is 16.4. The lowest BCUT2D eigenvalue weighted by atomic mass is 9.33. The second kappa shape index (κ2) is 12.8. The molecule has 4 heteroatoms. The zero-order valence-electron chi connectivity index (χ0n) is 32.5. The highest BCUT2D eigenvalue weighted by Crippen LogP contribution is 2.45. The summed E-state index contributed by atoms with van der Waals surface area (Å²) in [6.07, 6.45) is 0. The topological polar surface area (TPSA) is 19.6 Å². The minimum atomic E-state index is 0.103. The first-order chi connectivity index (χ1) is 26.7. The van der Waals surface area contributed by atoms with Gasteiger partial charge >= 0.3 is 0 Å². The number of hydrogen-bond donors (Lipinski definition) is 0. The van der Waals surface area contributed by atoms with Gasteiger partial charge in [0, 0.05) is 44.9 Å². The normalized spacial score (nSPS) is 13.3. The first-order valence-corrected chi connectivity index (χ1v) is 19.9. The van der Waals surface area contributed by atoms with Crippen molar-refractivity contribution >= 4 is 79.2 Å². The van der Waals surface area contributed by atoms with E-state index < -0.39 is 0 Å². The van der Waals surface area contributed by atoms with E-state index in [1.54, 1.807) is 0 Å². The Morgan fingerprint density at radius 1 is 0.418 bits per heavy atom. The maximum atomic E-state index is 6.27. The molecule has 10 rings (SSSR count). The van der Waals surface area contributed by atoms with E-state index in [1.807, 2.05) is 12.1 Å². The summed E-state index contributed by atoms with van der Waals surface area (Å²) in [7, 11) is 0. The number of anilines is 6. The largest absolute Gasteiger partial charge is 0.456 e. The molecule has 1 aromatic heterocycles. The van der Waals surface area contributed by atoms with Gasteiger partial charge in [0.2, 0.25) is 0 Å². The molecule has 0 unspecified atom stereocenters. The Balaban J connectivity index is 1.16. The Labute approximate surface area is 324 Å². The molecule has 2 aliphatic rings. The highest BCUT2D eigenvalue weighted by atomic mass is 16.3. The quantitative estimate of drug-likeness (QED) is 0.160. The van der Waals surface area contributed by atoms with Gasteiger partial charge in [-0.2, -0.15) is 0 Å². The van der Waals surface area contributed by atoms with Crippen LogP contribution in [0, 0.1) is 0 Å². The molecule has 0 N–H and O–H groups in total. The van der Waals surface area contributed by atoms with Gasteiger partial charge in [0.15, 0.2) is 0 Å². The van der Waals surface area contributed by atoms with Crippen molar-refractivity contribution in [1.29, 1.82) is 0 Å². The summed E-state index contributed by atoms with van der Waals surface area (Å²) < 4.78 is 6.27. The van der Waals surface area contributed by atoms with E-state index in [-0.39, 0.29) is 6.71 Å². The Bertz CT molecular complexity index is 2760. The predicted molar refractivity (Wildman–Crippen MR) is 235 cm³/mol. The van der Waals surface area contributed by atoms with E-state index in [0.29, 0.717) is 17.8 Å². The number of furan rings is 1. The number of benzene rings is 7. The Hall–Kier alpha value is -6.00. The van der Waals surface area contributed by atoms with Gasteiger partial charge in [0.05, 0.1) is 0 Å². The van der Waals surface area contributed by atoms with Crippen molar-refractivity contribution in [1.82, 2.24) is 0 Å². The molecule has 0 saturated heterocycles. The lowest BCUT2D eigenvalue weighted by Crippen LogP contribution is -2.61. The summed E-state index contributed by atoms with van der Waals surface area (Å²) >= 11 is 0. The Kier molecular flexibility index (Phi) is 7.82. The van der Waals surface area contributed by atoms with Crippen LogP contribution in [0.4, 0.5) is 34.1 Å². The zero-order valence-corrected chi connectivity index (χ0v) is 32.5. The van der Waals surface area contributed by atoms with E-state index >= 15 is 0 Å². The summed E-state index contributed by atoms with van der Waals surface area (Å²) in [6.45, 7) is 13.8. The number of fused-ring (bicyclic) bond motifs is 7. The van der Waals surface area contributed by atoms with Crippen molar-refractivity contribution in [2.75, 3.05) is 9.80 Å². The van der Waals surface area contributed by atoms with E-state index in [1.165, 1.54) is 61.5 Å². The molecule has 7 aromatic carbocycles. The third-order valence-electron chi connectivity index (χ3n) is 12.0. The van der Waals surface area contributed by atoms with Gasteiger partial charge in [-0.15, -0.1) is 0 Å². The summed E-state index contributed by atoms with van der Waals surface area (Å²) in [6, 6.07) is 54.5. The van der Waals surface area contributed by atoms with Gasteiger partial charge in [0.25, 0.3) is 6.71 Å². The molecule has 0 amide bonds. The van der Waals surface area contributed by atoms with E-state index in [9.17, 15) is 0 Å². The van der Waals surface area contributed by atoms with Crippen LogP contribution in [0.5, 0.6) is 0 Å². The van der Waals surface area contributed by atoms with Crippen LogP contribution >= 0.6 is 0 Å². The monoisotopic (exact) mass is 712 g/mol. The van der Waals surface area contributed by atoms with Crippen molar-refractivity contribution < 1.29 is 4.42 Å². The van der Waals surface area contributed by atoms with Crippen molar-refractivity contribution in [3.63, 3.8) is 0 Å². The van der Waals surface area contributed by atoms with Crippen LogP contribution in [0.25, 0.3) is 33.1 Å². The first kappa shape index (κ1) is 33.6. The average Bonchev–Trinajstić information content (AvgIpc) is 3.58. The summed E-state index contributed by atoms with van der Waals surface area (Å²) in [5, 5.41) is 2.31. The Morgan fingerprint density at radius 3 is 1.51 bits per heavy atom. The zero-order chi connectivity index (χ0) is 37.5. The third-order valence-corrected chi connectivity index (χ3v) is 12.0. The van der Waals surface area contributed by atoms with Crippen LogP contribution in [0.15, 0.2) is 150 Å². The molecular formula is C51H45BN2O. The molecule has 3 nitrogen and oxygen atoms in total. The Morgan fingerprint density at radius 2 is 0.927 bits per heavy atom. The summed E-state index contributed by atoms with van der Waals surface area (Å²) in [5.74, 6) is 1.32. The number of hydrogen-bond acceptors (Lipinski definition) is 3. The highest BCUT2D eigenvalue weighted by Gasteiger charge is 2.43. The summed E-state index contributed by atoms with van der Waals surface area (Å²) in [4.78, 5) is 5.00. The van der Waals surface area contributed by atoms with Crippen molar-refractivity contribution in [3.8, 4) is 11.1 Å². The van der Waals surface area contributed by atoms with Crippen LogP contribution in [0.1, 0.15) is 76.0 Å². The van der Waals surface area contributed by atoms with Crippen LogP contribution in [-0.4, -0.2) is 6.71 Å². The summed E-state index contributed by atoms with van der Waals surface area (Å²) in [5.41, 5.74) is 19.6. The smallest absolute Gasteiger partial charge is 0.252 e. The van der Waals surface area contributed by atoms with Crippen molar-refractivity contribution in [3.05, 3.63) is 162 Å². The maximum absolute atomic E-state index is 6.27. The SMILES string of the molecule is CC(C)c1ccc(N2c3ccc(C(C)C)cc3B3c4cc(C(C)C)ccc4N(c4ccc(-c5ccc6c(c5)oc5ccccc56)cc4)c4cccc2c43)cc1. The van der Waals surface area contributed by atoms with Gasteiger partial charge in [-0.1, -0.05) is 120 Å². The molecule has 0 spiro atoms. The minimum absolute atomic E-state index is 0.103. The van der Waals surface area contributed by atoms with Crippen molar-refractivity contribution in [2.24, 2.45) is 0 Å². The van der Waals surface area contributed by atoms with Gasteiger partial charge < -0.3 is 14.2 Å². The van der Waals surface area contributed by atoms with E-state index in [0.717, 1.165) is 38.8 Å². The lowest BCUT2D eigenvalue weighted by molar-refractivity contribution is 0.669. The molecule has 2 aliphatic heterocycles. The number of rotatable bonds is 6. The van der Waals surface area contributed by atoms with Gasteiger partial charge in [-0.25, -0.2) is 0 Å². The minimum Gasteiger partial charge on any atom is -0.456 e. The average molecular weight is 713 g/mol. The first-order valence-electron chi connectivity index (χ1n) is 19.9. The lowest BCUT2D eigenvalue weighted by Gasteiger charge is -2.44. The third kappa shape index (κ3) is 5.33. The molecule has 3 heterocycles. The molecular weight excluding hydrogens is 667 g/mol. The maximum Gasteiger partial charge on any atom is 0.252 e. The molecule has 0 bridgehead atoms.